The number of hydrogen-bond acceptors (Lipinski definition) is 3. The predicted molar refractivity (Wildman–Crippen MR) is 100 cm³/mol. The van der Waals surface area contributed by atoms with E-state index in [1.54, 1.807) is 6.07 Å². The first-order valence-corrected chi connectivity index (χ1v) is 10.5. The lowest BCUT2D eigenvalue weighted by molar-refractivity contribution is -0.155. The molecule has 1 saturated carbocycles. The Bertz CT molecular complexity index is 635. The summed E-state index contributed by atoms with van der Waals surface area (Å²) >= 11 is 0. The Morgan fingerprint density at radius 2 is 1.96 bits per heavy atom. The SMILES string of the molecule is Fc1ccc(CN2CCC3OCCCC3(COCC3CCCC3)C2)cc1F. The Hall–Kier alpha value is -1.04. The van der Waals surface area contributed by atoms with Crippen LogP contribution in [0.2, 0.25) is 0 Å². The molecule has 0 radical (unpaired) electrons. The summed E-state index contributed by atoms with van der Waals surface area (Å²) in [7, 11) is 0. The van der Waals surface area contributed by atoms with Crippen LogP contribution in [0.4, 0.5) is 8.78 Å². The standard InChI is InChI=1S/C22H31F2NO2/c23-19-7-6-18(12-20(19)24)13-25-10-8-21-22(15-25,9-3-11-27-21)16-26-14-17-4-1-2-5-17/h6-7,12,17,21H,1-5,8-11,13-16H2. The fourth-order valence-electron chi connectivity index (χ4n) is 5.23. The van der Waals surface area contributed by atoms with E-state index in [-0.39, 0.29) is 11.5 Å². The molecule has 1 aromatic rings. The van der Waals surface area contributed by atoms with Crippen LogP contribution in [0, 0.1) is 23.0 Å². The molecule has 150 valence electrons. The molecule has 2 aliphatic heterocycles. The molecule has 1 aromatic carbocycles. The van der Waals surface area contributed by atoms with E-state index in [0.717, 1.165) is 63.7 Å². The van der Waals surface area contributed by atoms with Crippen LogP contribution >= 0.6 is 0 Å². The molecule has 4 rings (SSSR count). The first-order valence-electron chi connectivity index (χ1n) is 10.5. The zero-order valence-corrected chi connectivity index (χ0v) is 16.1. The summed E-state index contributed by atoms with van der Waals surface area (Å²) in [6, 6.07) is 4.23. The molecule has 3 fully saturated rings. The number of likely N-dealkylation sites (tertiary alicyclic amines) is 1. The lowest BCUT2D eigenvalue weighted by atomic mass is 9.73. The molecule has 0 spiro atoms. The monoisotopic (exact) mass is 379 g/mol. The first kappa shape index (κ1) is 19.3. The fraction of sp³-hybridized carbons (Fsp3) is 0.727. The van der Waals surface area contributed by atoms with E-state index in [0.29, 0.717) is 6.54 Å². The molecule has 3 nitrogen and oxygen atoms in total. The van der Waals surface area contributed by atoms with Crippen molar-refractivity contribution in [1.82, 2.24) is 4.90 Å². The zero-order chi connectivity index (χ0) is 18.7. The van der Waals surface area contributed by atoms with Gasteiger partial charge in [0.1, 0.15) is 0 Å². The van der Waals surface area contributed by atoms with Crippen molar-refractivity contribution in [2.24, 2.45) is 11.3 Å². The van der Waals surface area contributed by atoms with Crippen molar-refractivity contribution in [3.05, 3.63) is 35.4 Å². The molecule has 0 amide bonds. The highest BCUT2D eigenvalue weighted by Gasteiger charge is 2.46. The van der Waals surface area contributed by atoms with Crippen molar-refractivity contribution in [3.8, 4) is 0 Å². The van der Waals surface area contributed by atoms with E-state index in [1.807, 2.05) is 0 Å². The Morgan fingerprint density at radius 3 is 2.78 bits per heavy atom. The van der Waals surface area contributed by atoms with Crippen molar-refractivity contribution in [1.29, 1.82) is 0 Å². The highest BCUT2D eigenvalue weighted by atomic mass is 19.2. The Labute approximate surface area is 161 Å². The second-order valence-corrected chi connectivity index (χ2v) is 8.74. The third-order valence-corrected chi connectivity index (χ3v) is 6.68. The maximum atomic E-state index is 13.6. The molecule has 2 atom stereocenters. The molecule has 3 aliphatic rings. The van der Waals surface area contributed by atoms with Crippen molar-refractivity contribution in [2.45, 2.75) is 57.6 Å². The quantitative estimate of drug-likeness (QED) is 0.724. The smallest absolute Gasteiger partial charge is 0.159 e. The van der Waals surface area contributed by atoms with Crippen molar-refractivity contribution >= 4 is 0 Å². The van der Waals surface area contributed by atoms with Crippen LogP contribution in [0.3, 0.4) is 0 Å². The van der Waals surface area contributed by atoms with Gasteiger partial charge in [-0.05, 0) is 55.7 Å². The van der Waals surface area contributed by atoms with Crippen molar-refractivity contribution in [3.63, 3.8) is 0 Å². The van der Waals surface area contributed by atoms with Gasteiger partial charge in [-0.2, -0.15) is 0 Å². The maximum absolute atomic E-state index is 13.6. The van der Waals surface area contributed by atoms with E-state index in [1.165, 1.54) is 37.8 Å². The van der Waals surface area contributed by atoms with Crippen LogP contribution in [0.5, 0.6) is 0 Å². The number of hydrogen-bond donors (Lipinski definition) is 0. The number of benzene rings is 1. The van der Waals surface area contributed by atoms with Crippen LogP contribution in [0.1, 0.15) is 50.5 Å². The average Bonchev–Trinajstić information content (AvgIpc) is 3.18. The van der Waals surface area contributed by atoms with E-state index in [9.17, 15) is 8.78 Å². The average molecular weight is 379 g/mol. The minimum absolute atomic E-state index is 0.0354. The summed E-state index contributed by atoms with van der Waals surface area (Å²) in [5, 5.41) is 0. The summed E-state index contributed by atoms with van der Waals surface area (Å²) in [6.45, 7) is 4.95. The maximum Gasteiger partial charge on any atom is 0.159 e. The summed E-state index contributed by atoms with van der Waals surface area (Å²) in [6.07, 6.45) is 8.72. The number of nitrogens with zero attached hydrogens (tertiary/aromatic N) is 1. The second kappa shape index (κ2) is 8.54. The van der Waals surface area contributed by atoms with E-state index >= 15 is 0 Å². The van der Waals surface area contributed by atoms with E-state index in [2.05, 4.69) is 4.90 Å². The summed E-state index contributed by atoms with van der Waals surface area (Å²) < 4.78 is 39.1. The van der Waals surface area contributed by atoms with Gasteiger partial charge in [0.2, 0.25) is 0 Å². The number of ether oxygens (including phenoxy) is 2. The molecule has 0 aromatic heterocycles. The van der Waals surface area contributed by atoms with Crippen LogP contribution in [-0.4, -0.2) is 43.9 Å². The van der Waals surface area contributed by atoms with Gasteiger partial charge in [0.15, 0.2) is 11.6 Å². The normalized spacial score (nSPS) is 29.8. The Kier molecular flexibility index (Phi) is 6.10. The minimum Gasteiger partial charge on any atom is -0.380 e. The van der Waals surface area contributed by atoms with Gasteiger partial charge in [0.05, 0.1) is 12.7 Å². The van der Waals surface area contributed by atoms with Crippen molar-refractivity contribution in [2.75, 3.05) is 32.9 Å². The van der Waals surface area contributed by atoms with Gasteiger partial charge in [0, 0.05) is 38.3 Å². The molecular formula is C22H31F2NO2. The van der Waals surface area contributed by atoms with Crippen LogP contribution < -0.4 is 0 Å². The topological polar surface area (TPSA) is 21.7 Å². The van der Waals surface area contributed by atoms with Crippen LogP contribution in [-0.2, 0) is 16.0 Å². The number of fused-ring (bicyclic) bond motifs is 1. The summed E-state index contributed by atoms with van der Waals surface area (Å²) in [5.74, 6) is -0.820. The Balaban J connectivity index is 1.39. The highest BCUT2D eigenvalue weighted by molar-refractivity contribution is 5.18. The summed E-state index contributed by atoms with van der Waals surface area (Å²) in [5.41, 5.74) is 0.860. The molecule has 2 unspecified atom stereocenters. The van der Waals surface area contributed by atoms with Gasteiger partial charge in [-0.25, -0.2) is 8.78 Å². The number of halogens is 2. The molecule has 27 heavy (non-hydrogen) atoms. The van der Waals surface area contributed by atoms with Crippen LogP contribution in [0.15, 0.2) is 18.2 Å². The van der Waals surface area contributed by atoms with Crippen molar-refractivity contribution < 1.29 is 18.3 Å². The molecular weight excluding hydrogens is 348 g/mol. The lowest BCUT2D eigenvalue weighted by Gasteiger charge is -2.50. The zero-order valence-electron chi connectivity index (χ0n) is 16.1. The molecule has 5 heteroatoms. The molecule has 1 aliphatic carbocycles. The lowest BCUT2D eigenvalue weighted by Crippen LogP contribution is -2.56. The van der Waals surface area contributed by atoms with E-state index < -0.39 is 11.6 Å². The molecule has 2 heterocycles. The third kappa shape index (κ3) is 4.52. The molecule has 0 bridgehead atoms. The number of piperidine rings is 1. The van der Waals surface area contributed by atoms with Gasteiger partial charge >= 0.3 is 0 Å². The summed E-state index contributed by atoms with van der Waals surface area (Å²) in [4.78, 5) is 2.36. The van der Waals surface area contributed by atoms with Gasteiger partial charge in [0.25, 0.3) is 0 Å². The second-order valence-electron chi connectivity index (χ2n) is 8.74. The van der Waals surface area contributed by atoms with Gasteiger partial charge in [-0.15, -0.1) is 0 Å². The van der Waals surface area contributed by atoms with E-state index in [4.69, 9.17) is 9.47 Å². The third-order valence-electron chi connectivity index (χ3n) is 6.68. The molecule has 0 N–H and O–H groups in total. The predicted octanol–water partition coefficient (Wildman–Crippen LogP) is 4.54. The Morgan fingerprint density at radius 1 is 1.11 bits per heavy atom. The number of rotatable bonds is 6. The van der Waals surface area contributed by atoms with Gasteiger partial charge in [-0.3, -0.25) is 4.90 Å². The van der Waals surface area contributed by atoms with Gasteiger partial charge < -0.3 is 9.47 Å². The molecule has 2 saturated heterocycles. The fourth-order valence-corrected chi connectivity index (χ4v) is 5.23. The minimum atomic E-state index is -0.782. The highest BCUT2D eigenvalue weighted by Crippen LogP contribution is 2.41. The largest absolute Gasteiger partial charge is 0.380 e. The van der Waals surface area contributed by atoms with Crippen LogP contribution in [0.25, 0.3) is 0 Å². The first-order chi connectivity index (χ1) is 13.1. The van der Waals surface area contributed by atoms with Gasteiger partial charge in [-0.1, -0.05) is 18.9 Å².